The van der Waals surface area contributed by atoms with Gasteiger partial charge >= 0.3 is 0 Å². The number of hydrogen-bond donors (Lipinski definition) is 0. The van der Waals surface area contributed by atoms with E-state index in [-0.39, 0.29) is 0 Å². The Kier molecular flexibility index (Phi) is 3.48. The number of alkyl halides is 1. The number of para-hydroxylation sites is 1. The van der Waals surface area contributed by atoms with Gasteiger partial charge < -0.3 is 4.90 Å². The van der Waals surface area contributed by atoms with Crippen molar-refractivity contribution in [3.05, 3.63) is 36.0 Å². The highest BCUT2D eigenvalue weighted by atomic mass is 79.9. The van der Waals surface area contributed by atoms with Crippen LogP contribution in [-0.2, 0) is 0 Å². The SMILES string of the molecule is Cc1cc(N2CCC(C)C2CBr)c2ccccc2n1. The molecule has 1 fully saturated rings. The standard InChI is InChI=1S/C16H19BrN2/c1-11-7-8-19(16(11)10-17)15-9-12(2)18-14-6-4-3-5-13(14)15/h3-6,9,11,16H,7-8,10H2,1-2H3. The number of pyridine rings is 1. The highest BCUT2D eigenvalue weighted by molar-refractivity contribution is 9.09. The van der Waals surface area contributed by atoms with Gasteiger partial charge in [0.25, 0.3) is 0 Å². The molecule has 3 heteroatoms. The highest BCUT2D eigenvalue weighted by Crippen LogP contribution is 2.35. The monoisotopic (exact) mass is 318 g/mol. The fraction of sp³-hybridized carbons (Fsp3) is 0.438. The van der Waals surface area contributed by atoms with Gasteiger partial charge in [-0.05, 0) is 31.4 Å². The van der Waals surface area contributed by atoms with Crippen LogP contribution in [0.15, 0.2) is 30.3 Å². The van der Waals surface area contributed by atoms with Gasteiger partial charge in [-0.3, -0.25) is 4.98 Å². The van der Waals surface area contributed by atoms with Crippen LogP contribution < -0.4 is 4.90 Å². The molecule has 0 saturated carbocycles. The summed E-state index contributed by atoms with van der Waals surface area (Å²) in [7, 11) is 0. The van der Waals surface area contributed by atoms with Crippen LogP contribution in [0.25, 0.3) is 10.9 Å². The van der Waals surface area contributed by atoms with Gasteiger partial charge in [0, 0.05) is 34.7 Å². The fourth-order valence-corrected chi connectivity index (χ4v) is 4.05. The number of aromatic nitrogens is 1. The van der Waals surface area contributed by atoms with Crippen LogP contribution in [0.3, 0.4) is 0 Å². The molecular formula is C16H19BrN2. The minimum Gasteiger partial charge on any atom is -0.367 e. The summed E-state index contributed by atoms with van der Waals surface area (Å²) in [4.78, 5) is 7.19. The summed E-state index contributed by atoms with van der Waals surface area (Å²) in [6, 6.07) is 11.3. The Morgan fingerprint density at radius 2 is 2.16 bits per heavy atom. The third kappa shape index (κ3) is 2.25. The maximum absolute atomic E-state index is 4.64. The molecule has 1 saturated heterocycles. The van der Waals surface area contributed by atoms with Gasteiger partial charge in [-0.25, -0.2) is 0 Å². The first-order chi connectivity index (χ1) is 9.20. The zero-order valence-electron chi connectivity index (χ0n) is 11.4. The van der Waals surface area contributed by atoms with Crippen molar-refractivity contribution in [1.29, 1.82) is 0 Å². The van der Waals surface area contributed by atoms with Crippen LogP contribution in [0.4, 0.5) is 5.69 Å². The Bertz CT molecular complexity index is 596. The number of rotatable bonds is 2. The summed E-state index contributed by atoms with van der Waals surface area (Å²) < 4.78 is 0. The first kappa shape index (κ1) is 12.9. The van der Waals surface area contributed by atoms with Gasteiger partial charge in [0.2, 0.25) is 0 Å². The van der Waals surface area contributed by atoms with E-state index in [1.165, 1.54) is 17.5 Å². The maximum atomic E-state index is 4.64. The summed E-state index contributed by atoms with van der Waals surface area (Å²) in [5.41, 5.74) is 3.55. The predicted octanol–water partition coefficient (Wildman–Crippen LogP) is 4.15. The number of hydrogen-bond acceptors (Lipinski definition) is 2. The molecule has 1 aliphatic rings. The Morgan fingerprint density at radius 3 is 2.95 bits per heavy atom. The molecule has 2 nitrogen and oxygen atoms in total. The molecule has 1 aromatic heterocycles. The molecule has 1 aromatic carbocycles. The van der Waals surface area contributed by atoms with Crippen molar-refractivity contribution in [2.75, 3.05) is 16.8 Å². The van der Waals surface area contributed by atoms with Gasteiger partial charge in [-0.1, -0.05) is 41.1 Å². The van der Waals surface area contributed by atoms with Crippen LogP contribution in [0, 0.1) is 12.8 Å². The van der Waals surface area contributed by atoms with Crippen molar-refractivity contribution in [3.63, 3.8) is 0 Å². The molecule has 0 radical (unpaired) electrons. The quantitative estimate of drug-likeness (QED) is 0.773. The molecule has 2 aromatic rings. The number of aryl methyl sites for hydroxylation is 1. The molecule has 1 aliphatic heterocycles. The molecule has 2 atom stereocenters. The van der Waals surface area contributed by atoms with E-state index >= 15 is 0 Å². The average Bonchev–Trinajstić information content (AvgIpc) is 2.78. The molecule has 0 bridgehead atoms. The van der Waals surface area contributed by atoms with Crippen molar-refractivity contribution in [2.45, 2.75) is 26.3 Å². The van der Waals surface area contributed by atoms with Crippen LogP contribution in [-0.4, -0.2) is 22.9 Å². The van der Waals surface area contributed by atoms with E-state index in [0.29, 0.717) is 6.04 Å². The van der Waals surface area contributed by atoms with Gasteiger partial charge in [-0.15, -0.1) is 0 Å². The summed E-state index contributed by atoms with van der Waals surface area (Å²) >= 11 is 3.68. The maximum Gasteiger partial charge on any atom is 0.0726 e. The van der Waals surface area contributed by atoms with Crippen LogP contribution in [0.5, 0.6) is 0 Å². The molecule has 0 spiro atoms. The Hall–Kier alpha value is -1.09. The lowest BCUT2D eigenvalue weighted by Gasteiger charge is -2.28. The summed E-state index contributed by atoms with van der Waals surface area (Å²) in [6.45, 7) is 5.58. The average molecular weight is 319 g/mol. The molecular weight excluding hydrogens is 300 g/mol. The van der Waals surface area contributed by atoms with Gasteiger partial charge in [0.05, 0.1) is 5.52 Å². The van der Waals surface area contributed by atoms with Crippen LogP contribution in [0.2, 0.25) is 0 Å². The minimum atomic E-state index is 0.588. The molecule has 0 N–H and O–H groups in total. The second kappa shape index (κ2) is 5.12. The lowest BCUT2D eigenvalue weighted by Crippen LogP contribution is -2.33. The lowest BCUT2D eigenvalue weighted by molar-refractivity contribution is 0.555. The fourth-order valence-electron chi connectivity index (χ4n) is 3.07. The van der Waals surface area contributed by atoms with Gasteiger partial charge in [0.1, 0.15) is 0 Å². The normalized spacial score (nSPS) is 23.2. The summed E-state index contributed by atoms with van der Waals surface area (Å²) in [5, 5.41) is 2.30. The minimum absolute atomic E-state index is 0.588. The Balaban J connectivity index is 2.14. The van der Waals surface area contributed by atoms with Crippen molar-refractivity contribution in [2.24, 2.45) is 5.92 Å². The van der Waals surface area contributed by atoms with E-state index in [0.717, 1.165) is 29.0 Å². The third-order valence-corrected chi connectivity index (χ3v) is 4.84. The largest absolute Gasteiger partial charge is 0.367 e. The second-order valence-electron chi connectivity index (χ2n) is 5.48. The summed E-state index contributed by atoms with van der Waals surface area (Å²) in [6.07, 6.45) is 1.27. The molecule has 0 amide bonds. The van der Waals surface area contributed by atoms with Crippen molar-refractivity contribution >= 4 is 32.5 Å². The topological polar surface area (TPSA) is 16.1 Å². The first-order valence-corrected chi connectivity index (χ1v) is 8.02. The second-order valence-corrected chi connectivity index (χ2v) is 6.13. The molecule has 2 unspecified atom stereocenters. The highest BCUT2D eigenvalue weighted by Gasteiger charge is 2.31. The lowest BCUT2D eigenvalue weighted by atomic mass is 10.0. The smallest absolute Gasteiger partial charge is 0.0726 e. The van der Waals surface area contributed by atoms with Gasteiger partial charge in [-0.2, -0.15) is 0 Å². The van der Waals surface area contributed by atoms with Crippen molar-refractivity contribution < 1.29 is 0 Å². The van der Waals surface area contributed by atoms with E-state index in [9.17, 15) is 0 Å². The summed E-state index contributed by atoms with van der Waals surface area (Å²) in [5.74, 6) is 0.742. The molecule has 100 valence electrons. The number of nitrogens with zero attached hydrogens (tertiary/aromatic N) is 2. The predicted molar refractivity (Wildman–Crippen MR) is 85.2 cm³/mol. The van der Waals surface area contributed by atoms with E-state index in [1.54, 1.807) is 0 Å². The van der Waals surface area contributed by atoms with E-state index in [2.05, 4.69) is 70.0 Å². The van der Waals surface area contributed by atoms with Crippen molar-refractivity contribution in [1.82, 2.24) is 4.98 Å². The van der Waals surface area contributed by atoms with E-state index < -0.39 is 0 Å². The Morgan fingerprint density at radius 1 is 1.37 bits per heavy atom. The molecule has 19 heavy (non-hydrogen) atoms. The number of halogens is 1. The van der Waals surface area contributed by atoms with Crippen molar-refractivity contribution in [3.8, 4) is 0 Å². The molecule has 2 heterocycles. The Labute approximate surface area is 123 Å². The number of benzene rings is 1. The van der Waals surface area contributed by atoms with Gasteiger partial charge in [0.15, 0.2) is 0 Å². The first-order valence-electron chi connectivity index (χ1n) is 6.89. The van der Waals surface area contributed by atoms with Crippen LogP contribution in [0.1, 0.15) is 19.0 Å². The zero-order valence-corrected chi connectivity index (χ0v) is 13.0. The van der Waals surface area contributed by atoms with Crippen LogP contribution >= 0.6 is 15.9 Å². The number of fused-ring (bicyclic) bond motifs is 1. The van der Waals surface area contributed by atoms with E-state index in [4.69, 9.17) is 0 Å². The zero-order chi connectivity index (χ0) is 13.4. The molecule has 0 aliphatic carbocycles. The number of anilines is 1. The van der Waals surface area contributed by atoms with E-state index in [1.807, 2.05) is 0 Å². The third-order valence-electron chi connectivity index (χ3n) is 4.17. The molecule has 3 rings (SSSR count).